The Labute approximate surface area is 136 Å². The van der Waals surface area contributed by atoms with Gasteiger partial charge in [-0.15, -0.1) is 0 Å². The Morgan fingerprint density at radius 3 is 2.86 bits per heavy atom. The smallest absolute Gasteiger partial charge is 0.203 e. The van der Waals surface area contributed by atoms with Crippen LogP contribution in [0.4, 0.5) is 0 Å². The van der Waals surface area contributed by atoms with E-state index in [9.17, 15) is 4.79 Å². The summed E-state index contributed by atoms with van der Waals surface area (Å²) >= 11 is 2.26. The normalized spacial score (nSPS) is 10.1. The fourth-order valence-corrected chi connectivity index (χ4v) is 2.64. The number of rotatable bonds is 3. The van der Waals surface area contributed by atoms with Crippen LogP contribution in [0.25, 0.3) is 5.69 Å². The number of hydrogen-bond donors (Lipinski definition) is 0. The lowest BCUT2D eigenvalue weighted by molar-refractivity contribution is 0.792. The lowest BCUT2D eigenvalue weighted by Gasteiger charge is -2.06. The molecule has 3 nitrogen and oxygen atoms in total. The van der Waals surface area contributed by atoms with E-state index in [1.54, 1.807) is 29.1 Å². The van der Waals surface area contributed by atoms with E-state index < -0.39 is 0 Å². The van der Waals surface area contributed by atoms with Crippen molar-refractivity contribution in [2.24, 2.45) is 0 Å². The van der Waals surface area contributed by atoms with E-state index in [0.717, 1.165) is 14.8 Å². The molecule has 3 aromatic rings. The van der Waals surface area contributed by atoms with Gasteiger partial charge in [0.1, 0.15) is 5.69 Å². The van der Waals surface area contributed by atoms with E-state index in [4.69, 9.17) is 0 Å². The van der Waals surface area contributed by atoms with Crippen LogP contribution in [0, 0.1) is 15.7 Å². The Morgan fingerprint density at radius 1 is 1.19 bits per heavy atom. The Bertz CT molecular complexity index is 812. The van der Waals surface area contributed by atoms with Crippen molar-refractivity contribution in [1.82, 2.24) is 9.78 Å². The Hall–Kier alpha value is -2.13. The molecule has 0 fully saturated rings. The molecule has 1 aromatic heterocycles. The summed E-state index contributed by atoms with van der Waals surface area (Å²) < 4.78 is 2.84. The minimum absolute atomic E-state index is 0.0448. The van der Waals surface area contributed by atoms with Crippen LogP contribution in [-0.4, -0.2) is 9.78 Å². The van der Waals surface area contributed by atoms with Gasteiger partial charge in [0, 0.05) is 28.3 Å². The summed E-state index contributed by atoms with van der Waals surface area (Å²) in [5.41, 5.74) is 2.43. The summed E-state index contributed by atoms with van der Waals surface area (Å²) in [6, 6.07) is 20.8. The van der Waals surface area contributed by atoms with Gasteiger partial charge >= 0.3 is 0 Å². The molecule has 0 amide bonds. The molecule has 0 aliphatic rings. The molecule has 0 aliphatic heterocycles. The molecule has 0 bridgehead atoms. The quantitative estimate of drug-likeness (QED) is 0.649. The molecule has 4 heteroatoms. The number of hydrogen-bond acceptors (Lipinski definition) is 2. The molecule has 2 aromatic carbocycles. The molecular weight excluding hydrogens is 375 g/mol. The molecule has 3 rings (SSSR count). The molecule has 0 aliphatic carbocycles. The van der Waals surface area contributed by atoms with Gasteiger partial charge in [0.2, 0.25) is 5.43 Å². The van der Waals surface area contributed by atoms with Gasteiger partial charge in [-0.2, -0.15) is 5.10 Å². The number of nitrogens with zero attached hydrogens (tertiary/aromatic N) is 2. The molecule has 0 spiro atoms. The van der Waals surface area contributed by atoms with E-state index >= 15 is 0 Å². The number of benzene rings is 1. The van der Waals surface area contributed by atoms with Gasteiger partial charge in [-0.3, -0.25) is 4.79 Å². The van der Waals surface area contributed by atoms with Crippen LogP contribution >= 0.6 is 22.6 Å². The molecular formula is C17H11IN2O. The van der Waals surface area contributed by atoms with E-state index in [0.29, 0.717) is 12.1 Å². The fourth-order valence-electron chi connectivity index (χ4n) is 2.04. The zero-order valence-electron chi connectivity index (χ0n) is 11.1. The van der Waals surface area contributed by atoms with Gasteiger partial charge in [-0.1, -0.05) is 24.3 Å². The molecule has 0 radical (unpaired) electrons. The van der Waals surface area contributed by atoms with Gasteiger partial charge in [0.05, 0.1) is 5.69 Å². The maximum atomic E-state index is 12.0. The van der Waals surface area contributed by atoms with E-state index in [1.807, 2.05) is 24.3 Å². The van der Waals surface area contributed by atoms with E-state index in [1.165, 1.54) is 0 Å². The van der Waals surface area contributed by atoms with Gasteiger partial charge in [0.25, 0.3) is 0 Å². The largest absolute Gasteiger partial charge is 0.288 e. The van der Waals surface area contributed by atoms with Crippen LogP contribution in [0.3, 0.4) is 0 Å². The maximum Gasteiger partial charge on any atom is 0.203 e. The highest BCUT2D eigenvalue weighted by Gasteiger charge is 2.05. The number of halogens is 1. The minimum Gasteiger partial charge on any atom is -0.288 e. The van der Waals surface area contributed by atoms with Crippen LogP contribution < -0.4 is 5.43 Å². The van der Waals surface area contributed by atoms with Crippen molar-refractivity contribution in [3.05, 3.63) is 91.9 Å². The lowest BCUT2D eigenvalue weighted by atomic mass is 10.1. The van der Waals surface area contributed by atoms with E-state index in [2.05, 4.69) is 45.9 Å². The third kappa shape index (κ3) is 3.31. The van der Waals surface area contributed by atoms with Crippen molar-refractivity contribution < 1.29 is 0 Å². The van der Waals surface area contributed by atoms with Gasteiger partial charge < -0.3 is 0 Å². The summed E-state index contributed by atoms with van der Waals surface area (Å²) in [6.07, 6.45) is 2.20. The molecule has 102 valence electrons. The SMILES string of the molecule is O=c1ccn(-c2cc#ccc2)nc1Cc1cccc(I)c1. The van der Waals surface area contributed by atoms with Crippen molar-refractivity contribution in [3.8, 4) is 5.69 Å². The molecule has 1 heterocycles. The standard InChI is InChI=1S/C17H11IN2O/c18-14-6-4-5-13(11-14)12-16-17(21)9-10-20(19-16)15-7-2-1-3-8-15/h2,4-11H,12H2. The van der Waals surface area contributed by atoms with Crippen molar-refractivity contribution in [3.63, 3.8) is 0 Å². The molecule has 0 unspecified atom stereocenters. The van der Waals surface area contributed by atoms with Crippen molar-refractivity contribution in [2.45, 2.75) is 6.42 Å². The highest BCUT2D eigenvalue weighted by molar-refractivity contribution is 14.1. The van der Waals surface area contributed by atoms with Crippen molar-refractivity contribution in [1.29, 1.82) is 0 Å². The van der Waals surface area contributed by atoms with Crippen LogP contribution in [0.15, 0.2) is 59.5 Å². The van der Waals surface area contributed by atoms with E-state index in [-0.39, 0.29) is 5.43 Å². The summed E-state index contributed by atoms with van der Waals surface area (Å²) in [5.74, 6) is 0. The molecule has 0 atom stereocenters. The highest BCUT2D eigenvalue weighted by atomic mass is 127. The maximum absolute atomic E-state index is 12.0. The first-order valence-electron chi connectivity index (χ1n) is 6.44. The van der Waals surface area contributed by atoms with Crippen LogP contribution in [0.1, 0.15) is 11.3 Å². The summed E-state index contributed by atoms with van der Waals surface area (Å²) in [5, 5.41) is 4.44. The van der Waals surface area contributed by atoms with Gasteiger partial charge in [0.15, 0.2) is 0 Å². The summed E-state index contributed by atoms with van der Waals surface area (Å²) in [6.45, 7) is 0. The second-order valence-electron chi connectivity index (χ2n) is 4.57. The molecule has 0 N–H and O–H groups in total. The van der Waals surface area contributed by atoms with Crippen LogP contribution in [0.5, 0.6) is 0 Å². The molecule has 21 heavy (non-hydrogen) atoms. The van der Waals surface area contributed by atoms with Crippen LogP contribution in [-0.2, 0) is 6.42 Å². The average molecular weight is 386 g/mol. The lowest BCUT2D eigenvalue weighted by Crippen LogP contribution is -2.16. The zero-order valence-corrected chi connectivity index (χ0v) is 13.2. The monoisotopic (exact) mass is 386 g/mol. The fraction of sp³-hybridized carbons (Fsp3) is 0.0588. The highest BCUT2D eigenvalue weighted by Crippen LogP contribution is 2.10. The van der Waals surface area contributed by atoms with Crippen molar-refractivity contribution >= 4 is 22.6 Å². The summed E-state index contributed by atoms with van der Waals surface area (Å²) in [4.78, 5) is 12.0. The Balaban J connectivity index is 1.97. The molecule has 0 saturated carbocycles. The predicted octanol–water partition coefficient (Wildman–Crippen LogP) is 3.03. The third-order valence-corrected chi connectivity index (χ3v) is 3.72. The Kier molecular flexibility index (Phi) is 4.02. The number of aromatic nitrogens is 2. The van der Waals surface area contributed by atoms with Crippen molar-refractivity contribution in [2.75, 3.05) is 0 Å². The minimum atomic E-state index is -0.0448. The second kappa shape index (κ2) is 6.10. The second-order valence-corrected chi connectivity index (χ2v) is 5.81. The first kappa shape index (κ1) is 13.8. The van der Waals surface area contributed by atoms with Crippen LogP contribution in [0.2, 0.25) is 0 Å². The first-order valence-corrected chi connectivity index (χ1v) is 7.52. The van der Waals surface area contributed by atoms with Gasteiger partial charge in [-0.25, -0.2) is 4.68 Å². The summed E-state index contributed by atoms with van der Waals surface area (Å²) in [7, 11) is 0. The Morgan fingerprint density at radius 2 is 2.10 bits per heavy atom. The predicted molar refractivity (Wildman–Crippen MR) is 89.5 cm³/mol. The average Bonchev–Trinajstić information content (AvgIpc) is 2.50. The zero-order chi connectivity index (χ0) is 14.7. The topological polar surface area (TPSA) is 34.9 Å². The first-order chi connectivity index (χ1) is 10.2. The third-order valence-electron chi connectivity index (χ3n) is 3.05. The van der Waals surface area contributed by atoms with Gasteiger partial charge in [-0.05, 0) is 52.4 Å². The molecule has 0 saturated heterocycles.